The predicted octanol–water partition coefficient (Wildman–Crippen LogP) is 2.52. The number of rotatable bonds is 9. The molecule has 0 atom stereocenters. The lowest BCUT2D eigenvalue weighted by molar-refractivity contribution is -0.917. The molecule has 1 heterocycles. The zero-order valence-electron chi connectivity index (χ0n) is 20.9. The van der Waals surface area contributed by atoms with Crippen molar-refractivity contribution in [3.8, 4) is 5.75 Å². The molecule has 0 unspecified atom stereocenters. The highest BCUT2D eigenvalue weighted by Crippen LogP contribution is 2.26. The minimum Gasteiger partial charge on any atom is -0.494 e. The van der Waals surface area contributed by atoms with Crippen LogP contribution in [0.1, 0.15) is 18.1 Å². The van der Waals surface area contributed by atoms with Gasteiger partial charge in [0.2, 0.25) is 5.91 Å². The van der Waals surface area contributed by atoms with Gasteiger partial charge < -0.3 is 14.5 Å². The number of anilines is 1. The molecule has 1 saturated heterocycles. The van der Waals surface area contributed by atoms with Crippen molar-refractivity contribution in [1.29, 1.82) is 0 Å². The molecule has 0 radical (unpaired) electrons. The lowest BCUT2D eigenvalue weighted by Gasteiger charge is -2.34. The number of nitrogens with zero attached hydrogens (tertiary/aromatic N) is 2. The Morgan fingerprint density at radius 1 is 0.944 bits per heavy atom. The minimum absolute atomic E-state index is 0.122. The molecule has 190 valence electrons. The first-order valence-electron chi connectivity index (χ1n) is 12.3. The van der Waals surface area contributed by atoms with Crippen molar-refractivity contribution < 1.29 is 22.8 Å². The van der Waals surface area contributed by atoms with Gasteiger partial charge in [0.15, 0.2) is 0 Å². The maximum atomic E-state index is 13.7. The van der Waals surface area contributed by atoms with Gasteiger partial charge in [0.25, 0.3) is 10.0 Å². The summed E-state index contributed by atoms with van der Waals surface area (Å²) in [6.07, 6.45) is 0. The minimum atomic E-state index is -3.96. The third-order valence-electron chi connectivity index (χ3n) is 6.44. The number of amides is 1. The molecule has 1 fully saturated rings. The number of carbonyl (C=O) groups is 1. The molecule has 0 aromatic heterocycles. The molecule has 7 nitrogen and oxygen atoms in total. The number of carbonyl (C=O) groups excluding carboxylic acids is 1. The summed E-state index contributed by atoms with van der Waals surface area (Å²) in [5.41, 5.74) is 2.76. The molecular formula is C28H34N3O4S+. The second-order valence-corrected chi connectivity index (χ2v) is 10.9. The van der Waals surface area contributed by atoms with E-state index in [-0.39, 0.29) is 17.3 Å². The standard InChI is InChI=1S/C28H33N3O4S/c1-3-35-26-13-15-27(16-14-26)36(33,34)31(25-11-9-23(2)10-12-25)22-28(32)30-19-17-29(18-20-30)21-24-7-5-4-6-8-24/h4-16H,3,17-22H2,1-2H3/p+1. The normalized spacial score (nSPS) is 14.4. The van der Waals surface area contributed by atoms with Crippen molar-refractivity contribution in [1.82, 2.24) is 4.90 Å². The topological polar surface area (TPSA) is 71.4 Å². The van der Waals surface area contributed by atoms with Gasteiger partial charge in [-0.15, -0.1) is 0 Å². The maximum absolute atomic E-state index is 13.7. The number of benzene rings is 3. The Hall–Kier alpha value is -3.36. The van der Waals surface area contributed by atoms with Gasteiger partial charge >= 0.3 is 0 Å². The van der Waals surface area contributed by atoms with Gasteiger partial charge in [-0.25, -0.2) is 8.42 Å². The Labute approximate surface area is 214 Å². The van der Waals surface area contributed by atoms with Crippen LogP contribution in [0.15, 0.2) is 83.8 Å². The second kappa shape index (κ2) is 11.6. The van der Waals surface area contributed by atoms with Crippen LogP contribution >= 0.6 is 0 Å². The van der Waals surface area contributed by atoms with Gasteiger partial charge in [0.05, 0.1) is 43.4 Å². The van der Waals surface area contributed by atoms with Gasteiger partial charge in [0, 0.05) is 5.56 Å². The van der Waals surface area contributed by atoms with Gasteiger partial charge in [-0.05, 0) is 50.2 Å². The summed E-state index contributed by atoms with van der Waals surface area (Å²) in [5.74, 6) is 0.411. The molecule has 36 heavy (non-hydrogen) atoms. The lowest BCUT2D eigenvalue weighted by Crippen LogP contribution is -3.13. The molecule has 1 N–H and O–H groups in total. The second-order valence-electron chi connectivity index (χ2n) is 9.04. The van der Waals surface area contributed by atoms with Crippen LogP contribution in [-0.4, -0.2) is 58.6 Å². The van der Waals surface area contributed by atoms with Crippen LogP contribution in [0.5, 0.6) is 5.75 Å². The first-order valence-corrected chi connectivity index (χ1v) is 13.8. The first kappa shape index (κ1) is 25.7. The fraction of sp³-hybridized carbons (Fsp3) is 0.321. The molecule has 4 rings (SSSR count). The Kier molecular flexibility index (Phi) is 8.28. The van der Waals surface area contributed by atoms with Crippen LogP contribution in [0, 0.1) is 6.92 Å². The largest absolute Gasteiger partial charge is 0.494 e. The van der Waals surface area contributed by atoms with E-state index in [1.54, 1.807) is 29.2 Å². The van der Waals surface area contributed by atoms with E-state index in [2.05, 4.69) is 12.1 Å². The van der Waals surface area contributed by atoms with E-state index in [0.717, 1.165) is 25.2 Å². The zero-order chi connectivity index (χ0) is 25.5. The smallest absolute Gasteiger partial charge is 0.264 e. The molecule has 3 aromatic carbocycles. The summed E-state index contributed by atoms with van der Waals surface area (Å²) >= 11 is 0. The van der Waals surface area contributed by atoms with E-state index in [1.165, 1.54) is 26.9 Å². The molecule has 0 saturated carbocycles. The maximum Gasteiger partial charge on any atom is 0.264 e. The molecule has 8 heteroatoms. The van der Waals surface area contributed by atoms with E-state index in [9.17, 15) is 13.2 Å². The Morgan fingerprint density at radius 3 is 2.19 bits per heavy atom. The highest BCUT2D eigenvalue weighted by atomic mass is 32.2. The van der Waals surface area contributed by atoms with Crippen molar-refractivity contribution in [2.75, 3.05) is 43.6 Å². The number of sulfonamides is 1. The SMILES string of the molecule is CCOc1ccc(S(=O)(=O)N(CC(=O)N2CC[NH+](Cc3ccccc3)CC2)c2ccc(C)cc2)cc1. The number of aryl methyl sites for hydroxylation is 1. The summed E-state index contributed by atoms with van der Waals surface area (Å²) < 4.78 is 34.0. The van der Waals surface area contributed by atoms with E-state index >= 15 is 0 Å². The van der Waals surface area contributed by atoms with Gasteiger partial charge in [-0.3, -0.25) is 9.10 Å². The fourth-order valence-corrected chi connectivity index (χ4v) is 5.80. The number of quaternary nitrogens is 1. The van der Waals surface area contributed by atoms with E-state index in [1.807, 2.05) is 44.2 Å². The number of piperazine rings is 1. The van der Waals surface area contributed by atoms with Crippen LogP contribution in [0.4, 0.5) is 5.69 Å². The van der Waals surface area contributed by atoms with Crippen molar-refractivity contribution in [3.63, 3.8) is 0 Å². The summed E-state index contributed by atoms with van der Waals surface area (Å²) in [4.78, 5) is 16.6. The third kappa shape index (κ3) is 6.25. The van der Waals surface area contributed by atoms with Crippen molar-refractivity contribution in [2.24, 2.45) is 0 Å². The average molecular weight is 509 g/mol. The summed E-state index contributed by atoms with van der Waals surface area (Å²) in [5, 5.41) is 0. The molecule has 0 bridgehead atoms. The highest BCUT2D eigenvalue weighted by molar-refractivity contribution is 7.92. The quantitative estimate of drug-likeness (QED) is 0.482. The lowest BCUT2D eigenvalue weighted by atomic mass is 10.2. The zero-order valence-corrected chi connectivity index (χ0v) is 21.7. The Balaban J connectivity index is 1.49. The number of ether oxygens (including phenoxy) is 1. The molecular weight excluding hydrogens is 474 g/mol. The number of hydrogen-bond acceptors (Lipinski definition) is 4. The summed E-state index contributed by atoms with van der Waals surface area (Å²) in [7, 11) is -3.96. The Bertz CT molecular complexity index is 1240. The van der Waals surface area contributed by atoms with Gasteiger partial charge in [-0.2, -0.15) is 0 Å². The van der Waals surface area contributed by atoms with Gasteiger partial charge in [0.1, 0.15) is 18.8 Å². The van der Waals surface area contributed by atoms with E-state index < -0.39 is 10.0 Å². The van der Waals surface area contributed by atoms with Crippen molar-refractivity contribution >= 4 is 21.6 Å². The molecule has 3 aromatic rings. The first-order chi connectivity index (χ1) is 17.4. The monoisotopic (exact) mass is 508 g/mol. The predicted molar refractivity (Wildman–Crippen MR) is 141 cm³/mol. The molecule has 1 amide bonds. The molecule has 0 aliphatic carbocycles. The van der Waals surface area contributed by atoms with E-state index in [0.29, 0.717) is 31.1 Å². The third-order valence-corrected chi connectivity index (χ3v) is 8.23. The molecule has 1 aliphatic rings. The van der Waals surface area contributed by atoms with Crippen LogP contribution in [-0.2, 0) is 21.4 Å². The number of nitrogens with one attached hydrogen (secondary N) is 1. The van der Waals surface area contributed by atoms with Crippen LogP contribution in [0.3, 0.4) is 0 Å². The van der Waals surface area contributed by atoms with E-state index in [4.69, 9.17) is 4.74 Å². The van der Waals surface area contributed by atoms with Crippen LogP contribution in [0.2, 0.25) is 0 Å². The van der Waals surface area contributed by atoms with Crippen LogP contribution in [0.25, 0.3) is 0 Å². The molecule has 1 aliphatic heterocycles. The Morgan fingerprint density at radius 2 is 1.58 bits per heavy atom. The van der Waals surface area contributed by atoms with Crippen LogP contribution < -0.4 is 13.9 Å². The fourth-order valence-electron chi connectivity index (χ4n) is 4.38. The average Bonchev–Trinajstić information content (AvgIpc) is 2.89. The highest BCUT2D eigenvalue weighted by Gasteiger charge is 2.31. The molecule has 0 spiro atoms. The van der Waals surface area contributed by atoms with Crippen molar-refractivity contribution in [3.05, 3.63) is 90.0 Å². The number of hydrogen-bond donors (Lipinski definition) is 1. The van der Waals surface area contributed by atoms with Crippen molar-refractivity contribution in [2.45, 2.75) is 25.3 Å². The van der Waals surface area contributed by atoms with Gasteiger partial charge in [-0.1, -0.05) is 48.0 Å². The summed E-state index contributed by atoms with van der Waals surface area (Å²) in [6.45, 7) is 7.86. The summed E-state index contributed by atoms with van der Waals surface area (Å²) in [6, 6.07) is 23.9.